The SMILES string of the molecule is COc1cc(Br)c([C@@H](C)N)cc1O. The molecule has 1 aromatic rings. The van der Waals surface area contributed by atoms with Gasteiger partial charge in [-0.3, -0.25) is 0 Å². The van der Waals surface area contributed by atoms with Crippen molar-refractivity contribution in [3.8, 4) is 11.5 Å². The molecule has 0 aliphatic heterocycles. The second-order valence-corrected chi connectivity index (χ2v) is 3.69. The Kier molecular flexibility index (Phi) is 3.17. The van der Waals surface area contributed by atoms with Crippen LogP contribution in [-0.4, -0.2) is 12.2 Å². The van der Waals surface area contributed by atoms with Crippen LogP contribution in [-0.2, 0) is 0 Å². The van der Waals surface area contributed by atoms with Crippen molar-refractivity contribution in [2.45, 2.75) is 13.0 Å². The Bertz CT molecular complexity index is 313. The molecule has 0 amide bonds. The largest absolute Gasteiger partial charge is 0.504 e. The van der Waals surface area contributed by atoms with E-state index in [4.69, 9.17) is 10.5 Å². The van der Waals surface area contributed by atoms with Gasteiger partial charge in [0.15, 0.2) is 11.5 Å². The lowest BCUT2D eigenvalue weighted by molar-refractivity contribution is 0.372. The smallest absolute Gasteiger partial charge is 0.161 e. The third-order valence-corrected chi connectivity index (χ3v) is 2.48. The number of ether oxygens (including phenoxy) is 1. The Morgan fingerprint density at radius 1 is 1.54 bits per heavy atom. The van der Waals surface area contributed by atoms with E-state index in [-0.39, 0.29) is 11.8 Å². The van der Waals surface area contributed by atoms with E-state index in [1.54, 1.807) is 12.1 Å². The summed E-state index contributed by atoms with van der Waals surface area (Å²) in [6.45, 7) is 1.85. The van der Waals surface area contributed by atoms with Gasteiger partial charge in [-0.15, -0.1) is 0 Å². The van der Waals surface area contributed by atoms with E-state index in [9.17, 15) is 5.11 Å². The maximum atomic E-state index is 9.46. The highest BCUT2D eigenvalue weighted by Crippen LogP contribution is 2.34. The van der Waals surface area contributed by atoms with Crippen molar-refractivity contribution in [1.82, 2.24) is 0 Å². The summed E-state index contributed by atoms with van der Waals surface area (Å²) in [6, 6.07) is 3.19. The van der Waals surface area contributed by atoms with Gasteiger partial charge in [-0.25, -0.2) is 0 Å². The summed E-state index contributed by atoms with van der Waals surface area (Å²) in [7, 11) is 1.51. The molecule has 0 fully saturated rings. The third kappa shape index (κ3) is 2.14. The highest BCUT2D eigenvalue weighted by molar-refractivity contribution is 9.10. The molecule has 0 saturated heterocycles. The Labute approximate surface area is 85.6 Å². The summed E-state index contributed by atoms with van der Waals surface area (Å²) in [5, 5.41) is 9.46. The normalized spacial score (nSPS) is 12.6. The van der Waals surface area contributed by atoms with Crippen LogP contribution in [0.1, 0.15) is 18.5 Å². The Morgan fingerprint density at radius 2 is 2.15 bits per heavy atom. The van der Waals surface area contributed by atoms with Crippen LogP contribution in [0.2, 0.25) is 0 Å². The molecule has 0 aliphatic carbocycles. The van der Waals surface area contributed by atoms with E-state index in [0.29, 0.717) is 5.75 Å². The quantitative estimate of drug-likeness (QED) is 0.840. The number of phenolic OH excluding ortho intramolecular Hbond substituents is 1. The van der Waals surface area contributed by atoms with Crippen LogP contribution in [0.4, 0.5) is 0 Å². The van der Waals surface area contributed by atoms with Crippen LogP contribution in [0.15, 0.2) is 16.6 Å². The monoisotopic (exact) mass is 245 g/mol. The zero-order chi connectivity index (χ0) is 10.0. The van der Waals surface area contributed by atoms with Gasteiger partial charge in [-0.2, -0.15) is 0 Å². The van der Waals surface area contributed by atoms with E-state index >= 15 is 0 Å². The predicted molar refractivity (Wildman–Crippen MR) is 55.0 cm³/mol. The zero-order valence-electron chi connectivity index (χ0n) is 7.54. The predicted octanol–water partition coefficient (Wildman–Crippen LogP) is 2.18. The second-order valence-electron chi connectivity index (χ2n) is 2.83. The third-order valence-electron chi connectivity index (χ3n) is 1.79. The Morgan fingerprint density at radius 3 is 2.62 bits per heavy atom. The molecule has 0 aliphatic rings. The van der Waals surface area contributed by atoms with E-state index in [2.05, 4.69) is 15.9 Å². The fourth-order valence-electron chi connectivity index (χ4n) is 1.07. The summed E-state index contributed by atoms with van der Waals surface area (Å²) in [5.74, 6) is 0.550. The van der Waals surface area contributed by atoms with Crippen molar-refractivity contribution >= 4 is 15.9 Å². The lowest BCUT2D eigenvalue weighted by atomic mass is 10.1. The number of phenols is 1. The molecular weight excluding hydrogens is 234 g/mol. The van der Waals surface area contributed by atoms with Crippen LogP contribution in [0.5, 0.6) is 11.5 Å². The average molecular weight is 246 g/mol. The van der Waals surface area contributed by atoms with Crippen molar-refractivity contribution in [1.29, 1.82) is 0 Å². The molecule has 1 atom stereocenters. The van der Waals surface area contributed by atoms with Gasteiger partial charge < -0.3 is 15.6 Å². The lowest BCUT2D eigenvalue weighted by Crippen LogP contribution is -2.05. The first kappa shape index (κ1) is 10.3. The van der Waals surface area contributed by atoms with Crippen LogP contribution in [0, 0.1) is 0 Å². The molecule has 0 heterocycles. The maximum absolute atomic E-state index is 9.46. The fraction of sp³-hybridized carbons (Fsp3) is 0.333. The molecule has 3 N–H and O–H groups in total. The van der Waals surface area contributed by atoms with E-state index in [0.717, 1.165) is 10.0 Å². The first-order valence-corrected chi connectivity index (χ1v) is 4.67. The second kappa shape index (κ2) is 3.98. The van der Waals surface area contributed by atoms with Gasteiger partial charge >= 0.3 is 0 Å². The number of rotatable bonds is 2. The molecule has 0 spiro atoms. The molecule has 1 rings (SSSR count). The van der Waals surface area contributed by atoms with E-state index in [1.165, 1.54) is 7.11 Å². The van der Waals surface area contributed by atoms with Gasteiger partial charge in [0.2, 0.25) is 0 Å². The first-order valence-electron chi connectivity index (χ1n) is 3.88. The van der Waals surface area contributed by atoms with Crippen molar-refractivity contribution in [3.05, 3.63) is 22.2 Å². The van der Waals surface area contributed by atoms with E-state index in [1.807, 2.05) is 6.92 Å². The molecule has 0 radical (unpaired) electrons. The number of halogens is 1. The standard InChI is InChI=1S/C9H12BrNO2/c1-5(11)6-3-8(12)9(13-2)4-7(6)10/h3-5,12H,11H2,1-2H3/t5-/m1/s1. The number of hydrogen-bond acceptors (Lipinski definition) is 3. The maximum Gasteiger partial charge on any atom is 0.161 e. The number of benzene rings is 1. The lowest BCUT2D eigenvalue weighted by Gasteiger charge is -2.11. The summed E-state index contributed by atoms with van der Waals surface area (Å²) < 4.78 is 5.78. The van der Waals surface area contributed by atoms with Gasteiger partial charge in [0, 0.05) is 10.5 Å². The molecular formula is C9H12BrNO2. The topological polar surface area (TPSA) is 55.5 Å². The summed E-state index contributed by atoms with van der Waals surface area (Å²) in [6.07, 6.45) is 0. The van der Waals surface area contributed by atoms with Crippen molar-refractivity contribution in [2.75, 3.05) is 7.11 Å². The minimum Gasteiger partial charge on any atom is -0.504 e. The molecule has 0 unspecified atom stereocenters. The summed E-state index contributed by atoms with van der Waals surface area (Å²) in [5.41, 5.74) is 6.55. The zero-order valence-corrected chi connectivity index (χ0v) is 9.13. The molecule has 0 bridgehead atoms. The van der Waals surface area contributed by atoms with Crippen LogP contribution in [0.3, 0.4) is 0 Å². The van der Waals surface area contributed by atoms with Crippen molar-refractivity contribution < 1.29 is 9.84 Å². The molecule has 3 nitrogen and oxygen atoms in total. The number of aromatic hydroxyl groups is 1. The van der Waals surface area contributed by atoms with Gasteiger partial charge in [-0.05, 0) is 24.6 Å². The first-order chi connectivity index (χ1) is 6.06. The van der Waals surface area contributed by atoms with Gasteiger partial charge in [0.25, 0.3) is 0 Å². The van der Waals surface area contributed by atoms with E-state index < -0.39 is 0 Å². The summed E-state index contributed by atoms with van der Waals surface area (Å²) >= 11 is 3.35. The number of nitrogens with two attached hydrogens (primary N) is 1. The Hall–Kier alpha value is -0.740. The molecule has 0 saturated carbocycles. The highest BCUT2D eigenvalue weighted by atomic mass is 79.9. The summed E-state index contributed by atoms with van der Waals surface area (Å²) in [4.78, 5) is 0. The van der Waals surface area contributed by atoms with Crippen LogP contribution >= 0.6 is 15.9 Å². The van der Waals surface area contributed by atoms with Gasteiger partial charge in [-0.1, -0.05) is 15.9 Å². The number of methoxy groups -OCH3 is 1. The minimum atomic E-state index is -0.119. The molecule has 1 aromatic carbocycles. The Balaban J connectivity index is 3.20. The van der Waals surface area contributed by atoms with Crippen LogP contribution < -0.4 is 10.5 Å². The van der Waals surface area contributed by atoms with Crippen molar-refractivity contribution in [2.24, 2.45) is 5.73 Å². The fourth-order valence-corrected chi connectivity index (χ4v) is 1.76. The number of hydrogen-bond donors (Lipinski definition) is 2. The molecule has 0 aromatic heterocycles. The molecule has 13 heavy (non-hydrogen) atoms. The van der Waals surface area contributed by atoms with Crippen molar-refractivity contribution in [3.63, 3.8) is 0 Å². The average Bonchev–Trinajstić information content (AvgIpc) is 2.07. The van der Waals surface area contributed by atoms with Crippen LogP contribution in [0.25, 0.3) is 0 Å². The molecule has 72 valence electrons. The van der Waals surface area contributed by atoms with Gasteiger partial charge in [0.1, 0.15) is 0 Å². The minimum absolute atomic E-state index is 0.109. The molecule has 4 heteroatoms. The van der Waals surface area contributed by atoms with Gasteiger partial charge in [0.05, 0.1) is 7.11 Å². The highest BCUT2D eigenvalue weighted by Gasteiger charge is 2.10.